The molecule has 0 amide bonds. The van der Waals surface area contributed by atoms with Crippen LogP contribution in [0.1, 0.15) is 68.1 Å². The van der Waals surface area contributed by atoms with E-state index in [0.29, 0.717) is 5.92 Å². The number of hydrogen-bond acceptors (Lipinski definition) is 1. The Bertz CT molecular complexity index is 2470. The summed E-state index contributed by atoms with van der Waals surface area (Å²) in [6.45, 7) is 11.8. The van der Waals surface area contributed by atoms with Crippen LogP contribution in [0, 0.1) is 5.92 Å². The number of para-hydroxylation sites is 1. The first kappa shape index (κ1) is 30.2. The van der Waals surface area contributed by atoms with E-state index < -0.39 is 0 Å². The number of rotatable bonds is 4. The Kier molecular flexibility index (Phi) is 6.35. The number of benzene rings is 6. The number of fused-ring (bicyclic) bond motifs is 9. The molecular formula is C49H42N2. The Morgan fingerprint density at radius 2 is 1.06 bits per heavy atom. The fourth-order valence-electron chi connectivity index (χ4n) is 9.50. The summed E-state index contributed by atoms with van der Waals surface area (Å²) < 4.78 is 2.49. The quantitative estimate of drug-likeness (QED) is 0.183. The summed E-state index contributed by atoms with van der Waals surface area (Å²) in [5, 5.41) is 1.29. The molecule has 0 N–H and O–H groups in total. The number of aromatic nitrogens is 1. The predicted octanol–water partition coefficient (Wildman–Crippen LogP) is 12.9. The van der Waals surface area contributed by atoms with Crippen molar-refractivity contribution in [1.29, 1.82) is 0 Å². The van der Waals surface area contributed by atoms with Crippen molar-refractivity contribution in [2.45, 2.75) is 51.9 Å². The van der Waals surface area contributed by atoms with Gasteiger partial charge in [-0.3, -0.25) is 0 Å². The Labute approximate surface area is 301 Å². The molecule has 51 heavy (non-hydrogen) atoms. The van der Waals surface area contributed by atoms with E-state index in [9.17, 15) is 0 Å². The zero-order valence-electron chi connectivity index (χ0n) is 30.0. The monoisotopic (exact) mass is 658 g/mol. The smallest absolute Gasteiger partial charge is 0.0539 e. The van der Waals surface area contributed by atoms with Gasteiger partial charge in [0.1, 0.15) is 0 Å². The lowest BCUT2D eigenvalue weighted by Gasteiger charge is -2.30. The molecule has 2 heteroatoms. The summed E-state index contributed by atoms with van der Waals surface area (Å²) in [6, 6.07) is 50.1. The van der Waals surface area contributed by atoms with Gasteiger partial charge in [-0.1, -0.05) is 126 Å². The molecule has 0 radical (unpaired) electrons. The second kappa shape index (κ2) is 10.7. The molecule has 1 heterocycles. The van der Waals surface area contributed by atoms with Crippen LogP contribution in [0.2, 0.25) is 0 Å². The largest absolute Gasteiger partial charge is 0.313 e. The highest BCUT2D eigenvalue weighted by atomic mass is 15.1. The molecule has 2 nitrogen and oxygen atoms in total. The van der Waals surface area contributed by atoms with Crippen LogP contribution < -0.4 is 4.90 Å². The van der Waals surface area contributed by atoms with E-state index in [2.05, 4.69) is 190 Å². The summed E-state index contributed by atoms with van der Waals surface area (Å²) >= 11 is 0. The standard InChI is InChI=1S/C49H42N2/c1-31-19-23-40-41-28-33(22-26-46(41)51(47(40)27-31)32-13-7-6-8-14-32)50(34-20-24-38-36-15-9-11-17-42(36)48(2,3)44(38)29-34)35-21-25-39-37-16-10-12-18-43(37)49(4,5)45(39)30-35/h6-26,28-31H,27H2,1-5H3. The molecule has 0 saturated carbocycles. The van der Waals surface area contributed by atoms with Crippen LogP contribution in [-0.2, 0) is 17.3 Å². The van der Waals surface area contributed by atoms with Gasteiger partial charge in [0.05, 0.1) is 5.52 Å². The van der Waals surface area contributed by atoms with E-state index in [4.69, 9.17) is 0 Å². The maximum Gasteiger partial charge on any atom is 0.0539 e. The van der Waals surface area contributed by atoms with Gasteiger partial charge in [0.15, 0.2) is 0 Å². The first-order valence-electron chi connectivity index (χ1n) is 18.4. The molecule has 0 saturated heterocycles. The van der Waals surface area contributed by atoms with E-state index in [1.165, 1.54) is 89.4 Å². The summed E-state index contributed by atoms with van der Waals surface area (Å²) in [7, 11) is 0. The minimum atomic E-state index is -0.0907. The van der Waals surface area contributed by atoms with Crippen molar-refractivity contribution in [3.05, 3.63) is 173 Å². The van der Waals surface area contributed by atoms with Gasteiger partial charge in [0.2, 0.25) is 0 Å². The first-order chi connectivity index (χ1) is 24.7. The van der Waals surface area contributed by atoms with Gasteiger partial charge in [-0.15, -0.1) is 0 Å². The van der Waals surface area contributed by atoms with E-state index in [-0.39, 0.29) is 10.8 Å². The van der Waals surface area contributed by atoms with Gasteiger partial charge in [0.25, 0.3) is 0 Å². The zero-order chi connectivity index (χ0) is 34.6. The highest BCUT2D eigenvalue weighted by molar-refractivity contribution is 5.97. The maximum atomic E-state index is 2.50. The van der Waals surface area contributed by atoms with Gasteiger partial charge < -0.3 is 9.47 Å². The Morgan fingerprint density at radius 3 is 1.67 bits per heavy atom. The zero-order valence-corrected chi connectivity index (χ0v) is 30.0. The lowest BCUT2D eigenvalue weighted by Crippen LogP contribution is -2.18. The molecule has 0 bridgehead atoms. The predicted molar refractivity (Wildman–Crippen MR) is 215 cm³/mol. The van der Waals surface area contributed by atoms with Crippen molar-refractivity contribution in [2.75, 3.05) is 4.90 Å². The van der Waals surface area contributed by atoms with Gasteiger partial charge in [-0.25, -0.2) is 0 Å². The van der Waals surface area contributed by atoms with Gasteiger partial charge in [0, 0.05) is 50.2 Å². The topological polar surface area (TPSA) is 8.17 Å². The lowest BCUT2D eigenvalue weighted by atomic mass is 9.82. The van der Waals surface area contributed by atoms with E-state index in [1.54, 1.807) is 0 Å². The minimum Gasteiger partial charge on any atom is -0.313 e. The van der Waals surface area contributed by atoms with Crippen molar-refractivity contribution >= 4 is 34.0 Å². The third-order valence-electron chi connectivity index (χ3n) is 12.1. The van der Waals surface area contributed by atoms with Crippen LogP contribution in [0.25, 0.3) is 44.9 Å². The van der Waals surface area contributed by atoms with E-state index >= 15 is 0 Å². The van der Waals surface area contributed by atoms with Gasteiger partial charge >= 0.3 is 0 Å². The van der Waals surface area contributed by atoms with Crippen molar-refractivity contribution < 1.29 is 0 Å². The van der Waals surface area contributed by atoms with Crippen molar-refractivity contribution in [3.63, 3.8) is 0 Å². The average molecular weight is 659 g/mol. The molecule has 3 aliphatic rings. The summed E-state index contributed by atoms with van der Waals surface area (Å²) in [5.41, 5.74) is 19.5. The van der Waals surface area contributed by atoms with E-state index in [1.807, 2.05) is 0 Å². The van der Waals surface area contributed by atoms with Crippen LogP contribution in [-0.4, -0.2) is 4.57 Å². The van der Waals surface area contributed by atoms with Crippen LogP contribution in [0.15, 0.2) is 140 Å². The number of hydrogen-bond donors (Lipinski definition) is 0. The molecule has 248 valence electrons. The van der Waals surface area contributed by atoms with Crippen LogP contribution in [0.3, 0.4) is 0 Å². The third-order valence-corrected chi connectivity index (χ3v) is 12.1. The number of anilines is 3. The third kappa shape index (κ3) is 4.29. The molecule has 1 unspecified atom stereocenters. The van der Waals surface area contributed by atoms with Crippen LogP contribution in [0.5, 0.6) is 0 Å². The molecule has 0 spiro atoms. The molecule has 1 atom stereocenters. The second-order valence-corrected chi connectivity index (χ2v) is 15.9. The second-order valence-electron chi connectivity index (χ2n) is 15.9. The SMILES string of the molecule is CC1C=Cc2c(n(-c3ccccc3)c3ccc(N(c4ccc5c(c4)C(C)(C)c4ccccc4-5)c4ccc5c(c4)C(C)(C)c4ccccc4-5)cc23)C1. The fourth-order valence-corrected chi connectivity index (χ4v) is 9.50. The molecule has 10 rings (SSSR count). The van der Waals surface area contributed by atoms with E-state index in [0.717, 1.165) is 6.42 Å². The highest BCUT2D eigenvalue weighted by Crippen LogP contribution is 2.53. The average Bonchev–Trinajstić information content (AvgIpc) is 3.68. The minimum absolute atomic E-state index is 0.0907. The number of nitrogens with zero attached hydrogens (tertiary/aromatic N) is 2. The highest BCUT2D eigenvalue weighted by Gasteiger charge is 2.38. The van der Waals surface area contributed by atoms with Crippen LogP contribution >= 0.6 is 0 Å². The van der Waals surface area contributed by atoms with Gasteiger partial charge in [-0.05, 0) is 111 Å². The Morgan fingerprint density at radius 1 is 0.549 bits per heavy atom. The molecule has 3 aliphatic carbocycles. The van der Waals surface area contributed by atoms with Gasteiger partial charge in [-0.2, -0.15) is 0 Å². The molecule has 7 aromatic rings. The molecule has 1 aromatic heterocycles. The summed E-state index contributed by atoms with van der Waals surface area (Å²) in [6.07, 6.45) is 5.76. The maximum absolute atomic E-state index is 2.50. The molecular weight excluding hydrogens is 617 g/mol. The molecule has 0 aliphatic heterocycles. The normalized spacial score (nSPS) is 17.1. The molecule has 6 aromatic carbocycles. The fraction of sp³-hybridized carbons (Fsp3) is 0.184. The van der Waals surface area contributed by atoms with Crippen molar-refractivity contribution in [1.82, 2.24) is 4.57 Å². The van der Waals surface area contributed by atoms with Crippen molar-refractivity contribution in [2.24, 2.45) is 5.92 Å². The van der Waals surface area contributed by atoms with Crippen molar-refractivity contribution in [3.8, 4) is 27.9 Å². The first-order valence-corrected chi connectivity index (χ1v) is 18.4. The lowest BCUT2D eigenvalue weighted by molar-refractivity contribution is 0.660. The van der Waals surface area contributed by atoms with Crippen LogP contribution in [0.4, 0.5) is 17.1 Å². The molecule has 0 fully saturated rings. The Balaban J connectivity index is 1.20. The summed E-state index contributed by atoms with van der Waals surface area (Å²) in [5.74, 6) is 0.498. The summed E-state index contributed by atoms with van der Waals surface area (Å²) in [4.78, 5) is 2.50. The Hall–Kier alpha value is -5.60. The number of allylic oxidation sites excluding steroid dienone is 1.